The average molecular weight is 350 g/mol. The second-order valence-electron chi connectivity index (χ2n) is 8.48. The van der Waals surface area contributed by atoms with E-state index in [-0.39, 0.29) is 18.1 Å². The lowest BCUT2D eigenvalue weighted by Crippen LogP contribution is -2.17. The Kier molecular flexibility index (Phi) is 6.12. The number of alkyl halides is 2. The summed E-state index contributed by atoms with van der Waals surface area (Å²) in [6.07, 6.45) is 15.6. The number of fused-ring (bicyclic) bond motifs is 1. The van der Waals surface area contributed by atoms with E-state index in [4.69, 9.17) is 0 Å². The van der Waals surface area contributed by atoms with Gasteiger partial charge in [0.15, 0.2) is 5.78 Å². The Balaban J connectivity index is 1.37. The van der Waals surface area contributed by atoms with Gasteiger partial charge in [0.2, 0.25) is 0 Å². The lowest BCUT2D eigenvalue weighted by Gasteiger charge is -2.28. The van der Waals surface area contributed by atoms with Gasteiger partial charge < -0.3 is 0 Å². The van der Waals surface area contributed by atoms with Crippen LogP contribution in [0, 0.1) is 17.8 Å². The Bertz CT molecular complexity index is 538. The minimum Gasteiger partial charge on any atom is -0.294 e. The van der Waals surface area contributed by atoms with E-state index >= 15 is 0 Å². The Labute approximate surface area is 150 Å². The Hall–Kier alpha value is -0.990. The fraction of sp³-hybridized carbons (Fsp3) is 0.773. The monoisotopic (exact) mass is 350 g/mol. The van der Waals surface area contributed by atoms with Gasteiger partial charge in [0, 0.05) is 17.9 Å². The third-order valence-corrected chi connectivity index (χ3v) is 6.50. The summed E-state index contributed by atoms with van der Waals surface area (Å²) >= 11 is 0. The molecule has 0 aromatic rings. The van der Waals surface area contributed by atoms with Crippen LogP contribution < -0.4 is 0 Å². The first-order valence-electron chi connectivity index (χ1n) is 10.3. The first-order chi connectivity index (χ1) is 12.0. The number of carbonyl (C=O) groups excluding carboxylic acids is 1. The summed E-state index contributed by atoms with van der Waals surface area (Å²) < 4.78 is 26.9. The van der Waals surface area contributed by atoms with Gasteiger partial charge in [-0.05, 0) is 36.3 Å². The first kappa shape index (κ1) is 18.8. The molecule has 2 fully saturated rings. The highest BCUT2D eigenvalue weighted by Crippen LogP contribution is 2.42. The van der Waals surface area contributed by atoms with Crippen molar-refractivity contribution in [3.63, 3.8) is 0 Å². The molecule has 1 nitrogen and oxygen atoms in total. The van der Waals surface area contributed by atoms with E-state index in [2.05, 4.69) is 6.92 Å². The summed E-state index contributed by atoms with van der Waals surface area (Å²) in [6.45, 7) is 2.28. The van der Waals surface area contributed by atoms with Gasteiger partial charge in [-0.15, -0.1) is 0 Å². The van der Waals surface area contributed by atoms with Crippen LogP contribution in [0.25, 0.3) is 0 Å². The van der Waals surface area contributed by atoms with E-state index in [1.165, 1.54) is 51.4 Å². The molecule has 0 N–H and O–H groups in total. The van der Waals surface area contributed by atoms with Crippen molar-refractivity contribution in [1.82, 2.24) is 0 Å². The largest absolute Gasteiger partial charge is 0.294 e. The SMILES string of the molecule is CCCC1CCC(CCCCC2CC3=CCC(F)(F)C=C3C2=O)CC1. The van der Waals surface area contributed by atoms with Crippen molar-refractivity contribution in [1.29, 1.82) is 0 Å². The Morgan fingerprint density at radius 2 is 1.68 bits per heavy atom. The molecule has 3 heteroatoms. The van der Waals surface area contributed by atoms with Crippen molar-refractivity contribution in [3.05, 3.63) is 23.3 Å². The molecule has 1 atom stereocenters. The van der Waals surface area contributed by atoms with E-state index in [1.54, 1.807) is 6.08 Å². The van der Waals surface area contributed by atoms with Crippen LogP contribution in [0.15, 0.2) is 23.3 Å². The standard InChI is InChI=1S/C22H32F2O/c1-2-5-16-8-10-17(11-9-16)6-3-4-7-19-14-18-12-13-22(23,24)15-20(18)21(19)25/h12,15-17,19H,2-11,13-14H2,1H3. The van der Waals surface area contributed by atoms with E-state index in [0.717, 1.165) is 36.3 Å². The molecule has 0 heterocycles. The number of carbonyl (C=O) groups is 1. The van der Waals surface area contributed by atoms with Gasteiger partial charge in [0.05, 0.1) is 0 Å². The molecule has 0 aromatic heterocycles. The van der Waals surface area contributed by atoms with E-state index < -0.39 is 5.92 Å². The first-order valence-corrected chi connectivity index (χ1v) is 10.3. The van der Waals surface area contributed by atoms with Crippen molar-refractivity contribution in [2.24, 2.45) is 17.8 Å². The fourth-order valence-corrected chi connectivity index (χ4v) is 5.01. The van der Waals surface area contributed by atoms with Crippen LogP contribution in [-0.4, -0.2) is 11.7 Å². The van der Waals surface area contributed by atoms with Gasteiger partial charge in [0.1, 0.15) is 0 Å². The zero-order chi connectivity index (χ0) is 17.9. The van der Waals surface area contributed by atoms with Crippen molar-refractivity contribution in [2.75, 3.05) is 0 Å². The van der Waals surface area contributed by atoms with Crippen LogP contribution >= 0.6 is 0 Å². The quantitative estimate of drug-likeness (QED) is 0.471. The Morgan fingerprint density at radius 3 is 2.36 bits per heavy atom. The van der Waals surface area contributed by atoms with Gasteiger partial charge in [-0.2, -0.15) is 0 Å². The lowest BCUT2D eigenvalue weighted by atomic mass is 9.78. The molecule has 2 saturated carbocycles. The second kappa shape index (κ2) is 8.14. The van der Waals surface area contributed by atoms with Gasteiger partial charge >= 0.3 is 0 Å². The Morgan fingerprint density at radius 1 is 1.04 bits per heavy atom. The molecule has 0 radical (unpaired) electrons. The van der Waals surface area contributed by atoms with Crippen molar-refractivity contribution in [3.8, 4) is 0 Å². The van der Waals surface area contributed by atoms with E-state index in [1.807, 2.05) is 0 Å². The van der Waals surface area contributed by atoms with Crippen LogP contribution in [0.5, 0.6) is 0 Å². The van der Waals surface area contributed by atoms with Gasteiger partial charge in [-0.1, -0.05) is 70.8 Å². The number of ketones is 1. The van der Waals surface area contributed by atoms with Crippen LogP contribution in [0.4, 0.5) is 8.78 Å². The minimum atomic E-state index is -2.83. The van der Waals surface area contributed by atoms with E-state index in [9.17, 15) is 13.6 Å². The topological polar surface area (TPSA) is 17.1 Å². The third-order valence-electron chi connectivity index (χ3n) is 6.50. The summed E-state index contributed by atoms with van der Waals surface area (Å²) in [6, 6.07) is 0. The summed E-state index contributed by atoms with van der Waals surface area (Å²) in [5, 5.41) is 0. The molecule has 0 aliphatic heterocycles. The molecule has 0 bridgehead atoms. The summed E-state index contributed by atoms with van der Waals surface area (Å²) in [5.74, 6) is -1.09. The zero-order valence-corrected chi connectivity index (χ0v) is 15.5. The number of Topliss-reactive ketones (excluding diaryl/α,β-unsaturated/α-hetero) is 1. The van der Waals surface area contributed by atoms with Crippen LogP contribution in [-0.2, 0) is 4.79 Å². The average Bonchev–Trinajstić information content (AvgIpc) is 2.88. The second-order valence-corrected chi connectivity index (χ2v) is 8.48. The maximum absolute atomic E-state index is 13.5. The molecule has 1 unspecified atom stereocenters. The molecule has 0 aromatic carbocycles. The number of rotatable bonds is 7. The number of hydrogen-bond donors (Lipinski definition) is 0. The lowest BCUT2D eigenvalue weighted by molar-refractivity contribution is -0.118. The molecule has 140 valence electrons. The normalized spacial score (nSPS) is 31.5. The van der Waals surface area contributed by atoms with Crippen molar-refractivity contribution < 1.29 is 13.6 Å². The predicted molar refractivity (Wildman–Crippen MR) is 97.7 cm³/mol. The van der Waals surface area contributed by atoms with E-state index in [0.29, 0.717) is 12.0 Å². The number of hydrogen-bond acceptors (Lipinski definition) is 1. The molecule has 25 heavy (non-hydrogen) atoms. The maximum Gasteiger partial charge on any atom is 0.270 e. The van der Waals surface area contributed by atoms with Gasteiger partial charge in [-0.3, -0.25) is 4.79 Å². The highest BCUT2D eigenvalue weighted by atomic mass is 19.3. The minimum absolute atomic E-state index is 0.0364. The molecule has 0 amide bonds. The van der Waals surface area contributed by atoms with Crippen LogP contribution in [0.2, 0.25) is 0 Å². The highest BCUT2D eigenvalue weighted by molar-refractivity contribution is 6.04. The summed E-state index contributed by atoms with van der Waals surface area (Å²) in [4.78, 5) is 12.4. The van der Waals surface area contributed by atoms with Gasteiger partial charge in [0.25, 0.3) is 5.92 Å². The predicted octanol–water partition coefficient (Wildman–Crippen LogP) is 6.63. The smallest absolute Gasteiger partial charge is 0.270 e. The number of unbranched alkanes of at least 4 members (excludes halogenated alkanes) is 1. The molecule has 0 saturated heterocycles. The number of allylic oxidation sites excluding steroid dienone is 4. The summed E-state index contributed by atoms with van der Waals surface area (Å²) in [5.41, 5.74) is 1.19. The fourth-order valence-electron chi connectivity index (χ4n) is 5.01. The highest BCUT2D eigenvalue weighted by Gasteiger charge is 2.39. The van der Waals surface area contributed by atoms with Gasteiger partial charge in [-0.25, -0.2) is 8.78 Å². The van der Waals surface area contributed by atoms with Crippen LogP contribution in [0.1, 0.15) is 84.0 Å². The van der Waals surface area contributed by atoms with Crippen molar-refractivity contribution >= 4 is 5.78 Å². The third kappa shape index (κ3) is 4.80. The molecular formula is C22H32F2O. The molecule has 3 rings (SSSR count). The molecule has 3 aliphatic carbocycles. The zero-order valence-electron chi connectivity index (χ0n) is 15.5. The number of halogens is 2. The van der Waals surface area contributed by atoms with Crippen molar-refractivity contribution in [2.45, 2.75) is 89.9 Å². The molecular weight excluding hydrogens is 318 g/mol. The van der Waals surface area contributed by atoms with Crippen LogP contribution in [0.3, 0.4) is 0 Å². The molecule has 3 aliphatic rings. The maximum atomic E-state index is 13.5. The summed E-state index contributed by atoms with van der Waals surface area (Å²) in [7, 11) is 0. The molecule has 0 spiro atoms.